The Kier molecular flexibility index (Phi) is 2.51. The first-order chi connectivity index (χ1) is 5.74. The van der Waals surface area contributed by atoms with Crippen molar-refractivity contribution in [1.29, 1.82) is 0 Å². The normalized spacial score (nSPS) is 8.75. The second-order valence-electron chi connectivity index (χ2n) is 2.30. The summed E-state index contributed by atoms with van der Waals surface area (Å²) in [4.78, 5) is 21.4. The average molecular weight is 161 g/mol. The second kappa shape index (κ2) is 3.60. The first-order valence-electron chi connectivity index (χ1n) is 3.43. The number of isocyanates is 1. The summed E-state index contributed by atoms with van der Waals surface area (Å²) in [5.74, 6) is -0.509. The number of carbonyl (C=O) groups excluding carboxylic acids is 2. The second-order valence-corrected chi connectivity index (χ2v) is 2.30. The van der Waals surface area contributed by atoms with Crippen LogP contribution in [0.4, 0.5) is 0 Å². The minimum Gasteiger partial charge on any atom is -0.272 e. The van der Waals surface area contributed by atoms with Crippen LogP contribution in [-0.4, -0.2) is 12.0 Å². The van der Waals surface area contributed by atoms with E-state index in [2.05, 4.69) is 29.3 Å². The maximum atomic E-state index is 9.61. The fourth-order valence-corrected chi connectivity index (χ4v) is 0.727. The van der Waals surface area contributed by atoms with Crippen LogP contribution in [-0.2, 0) is 9.59 Å². The van der Waals surface area contributed by atoms with E-state index in [1.807, 2.05) is 0 Å². The summed E-state index contributed by atoms with van der Waals surface area (Å²) in [6.45, 7) is 1.19. The van der Waals surface area contributed by atoms with Crippen molar-refractivity contribution in [3.63, 3.8) is 0 Å². The standard InChI is InChI=1S/C6H4.C3H3NO2/c1-2-6-4-3-5(1)6;1-3(6)4-2-5/h1-4H;1H3. The minimum atomic E-state index is -0.509. The van der Waals surface area contributed by atoms with Gasteiger partial charge in [-0.1, -0.05) is 24.3 Å². The number of aliphatic imine (C=N–C) groups is 1. The third-order valence-corrected chi connectivity index (χ3v) is 1.42. The first kappa shape index (κ1) is 8.37. The number of hydrogen-bond donors (Lipinski definition) is 0. The van der Waals surface area contributed by atoms with Gasteiger partial charge in [-0.3, -0.25) is 4.79 Å². The van der Waals surface area contributed by atoms with Crippen molar-refractivity contribution in [1.82, 2.24) is 0 Å². The van der Waals surface area contributed by atoms with Crippen molar-refractivity contribution < 1.29 is 9.59 Å². The van der Waals surface area contributed by atoms with Crippen LogP contribution in [0, 0.1) is 0 Å². The molecule has 2 aliphatic rings. The number of nitrogens with zero attached hydrogens (tertiary/aromatic N) is 1. The highest BCUT2D eigenvalue weighted by Gasteiger charge is 2.03. The largest absolute Gasteiger partial charge is 0.272 e. The quantitative estimate of drug-likeness (QED) is 0.434. The molecule has 0 aromatic heterocycles. The highest BCUT2D eigenvalue weighted by Crippen LogP contribution is 2.29. The third-order valence-electron chi connectivity index (χ3n) is 1.42. The molecule has 60 valence electrons. The van der Waals surface area contributed by atoms with E-state index in [9.17, 15) is 4.79 Å². The average Bonchev–Trinajstić information content (AvgIpc) is 1.98. The van der Waals surface area contributed by atoms with Gasteiger partial charge < -0.3 is 0 Å². The Morgan fingerprint density at radius 1 is 1.25 bits per heavy atom. The Hall–Kier alpha value is -1.73. The lowest BCUT2D eigenvalue weighted by Crippen LogP contribution is -1.85. The van der Waals surface area contributed by atoms with Crippen molar-refractivity contribution in [2.45, 2.75) is 6.92 Å². The molecular formula is C9H7NO2. The molecule has 0 atom stereocenters. The molecule has 0 unspecified atom stereocenters. The van der Waals surface area contributed by atoms with E-state index in [0.717, 1.165) is 6.08 Å². The van der Waals surface area contributed by atoms with E-state index in [1.165, 1.54) is 18.1 Å². The van der Waals surface area contributed by atoms with Gasteiger partial charge in [-0.05, 0) is 11.1 Å². The van der Waals surface area contributed by atoms with Crippen LogP contribution in [0.1, 0.15) is 6.92 Å². The van der Waals surface area contributed by atoms with Gasteiger partial charge in [0.25, 0.3) is 5.91 Å². The van der Waals surface area contributed by atoms with Crippen molar-refractivity contribution >= 4 is 12.0 Å². The monoisotopic (exact) mass is 161 g/mol. The lowest BCUT2D eigenvalue weighted by Gasteiger charge is -2.10. The number of fused-ring (bicyclic) bond motifs is 1. The van der Waals surface area contributed by atoms with Crippen LogP contribution < -0.4 is 0 Å². The van der Waals surface area contributed by atoms with Crippen LogP contribution in [0.5, 0.6) is 0 Å². The van der Waals surface area contributed by atoms with Gasteiger partial charge >= 0.3 is 0 Å². The zero-order valence-corrected chi connectivity index (χ0v) is 6.57. The van der Waals surface area contributed by atoms with Crippen LogP contribution in [0.15, 0.2) is 29.3 Å². The number of hydrogen-bond acceptors (Lipinski definition) is 2. The van der Waals surface area contributed by atoms with Gasteiger partial charge in [0.1, 0.15) is 0 Å². The summed E-state index contributed by atoms with van der Waals surface area (Å²) in [6.07, 6.45) is 1.09. The number of carbonyl (C=O) groups is 1. The molecule has 3 nitrogen and oxygen atoms in total. The Labute approximate surface area is 69.7 Å². The van der Waals surface area contributed by atoms with Gasteiger partial charge in [0.15, 0.2) is 0 Å². The first-order valence-corrected chi connectivity index (χ1v) is 3.43. The van der Waals surface area contributed by atoms with E-state index in [4.69, 9.17) is 4.79 Å². The summed E-state index contributed by atoms with van der Waals surface area (Å²) >= 11 is 0. The Bertz CT molecular complexity index is 313. The van der Waals surface area contributed by atoms with Gasteiger partial charge in [0.2, 0.25) is 6.08 Å². The molecule has 3 heteroatoms. The predicted molar refractivity (Wildman–Crippen MR) is 44.2 cm³/mol. The Morgan fingerprint density at radius 2 is 1.67 bits per heavy atom. The van der Waals surface area contributed by atoms with Crippen LogP contribution in [0.3, 0.4) is 0 Å². The van der Waals surface area contributed by atoms with Crippen LogP contribution >= 0.6 is 0 Å². The minimum absolute atomic E-state index is 0.509. The molecule has 0 aromatic rings. The molecule has 2 aliphatic carbocycles. The van der Waals surface area contributed by atoms with Gasteiger partial charge in [-0.15, -0.1) is 4.99 Å². The molecule has 0 aromatic carbocycles. The topological polar surface area (TPSA) is 46.5 Å². The van der Waals surface area contributed by atoms with Gasteiger partial charge in [0, 0.05) is 6.92 Å². The maximum Gasteiger partial charge on any atom is 0.253 e. The summed E-state index contributed by atoms with van der Waals surface area (Å²) < 4.78 is 0. The summed E-state index contributed by atoms with van der Waals surface area (Å²) in [6, 6.07) is 8.48. The molecule has 1 amide bonds. The zero-order chi connectivity index (χ0) is 8.97. The molecule has 12 heavy (non-hydrogen) atoms. The third kappa shape index (κ3) is 1.87. The Morgan fingerprint density at radius 3 is 1.67 bits per heavy atom. The summed E-state index contributed by atoms with van der Waals surface area (Å²) in [5, 5.41) is 0. The fraction of sp³-hybridized carbons (Fsp3) is 0.111. The summed E-state index contributed by atoms with van der Waals surface area (Å²) in [5.41, 5.74) is 2.85. The van der Waals surface area contributed by atoms with E-state index in [-0.39, 0.29) is 0 Å². The van der Waals surface area contributed by atoms with Crippen molar-refractivity contribution in [2.75, 3.05) is 0 Å². The van der Waals surface area contributed by atoms with E-state index in [0.29, 0.717) is 0 Å². The highest BCUT2D eigenvalue weighted by atomic mass is 16.2. The zero-order valence-electron chi connectivity index (χ0n) is 6.57. The number of amides is 1. The van der Waals surface area contributed by atoms with Gasteiger partial charge in [-0.2, -0.15) is 0 Å². The molecule has 0 fully saturated rings. The fourth-order valence-electron chi connectivity index (χ4n) is 0.727. The van der Waals surface area contributed by atoms with Gasteiger partial charge in [-0.25, -0.2) is 4.79 Å². The van der Waals surface area contributed by atoms with E-state index in [1.54, 1.807) is 0 Å². The maximum absolute atomic E-state index is 9.61. The molecule has 0 aliphatic heterocycles. The molecular weight excluding hydrogens is 154 g/mol. The Balaban J connectivity index is 0.000000120. The molecule has 2 rings (SSSR count). The number of rotatable bonds is 0. The van der Waals surface area contributed by atoms with Crippen molar-refractivity contribution in [3.05, 3.63) is 24.3 Å². The molecule has 0 saturated heterocycles. The van der Waals surface area contributed by atoms with Crippen molar-refractivity contribution in [2.24, 2.45) is 4.99 Å². The molecule has 0 spiro atoms. The summed E-state index contributed by atoms with van der Waals surface area (Å²) in [7, 11) is 0. The lowest BCUT2D eigenvalue weighted by atomic mass is 9.95. The highest BCUT2D eigenvalue weighted by molar-refractivity contribution is 5.78. The molecule has 0 saturated carbocycles. The van der Waals surface area contributed by atoms with Crippen LogP contribution in [0.25, 0.3) is 11.1 Å². The SMILES string of the molecule is CC(=O)N=C=O.c1cc2ccc1-2. The molecule has 0 N–H and O–H groups in total. The smallest absolute Gasteiger partial charge is 0.253 e. The van der Waals surface area contributed by atoms with Gasteiger partial charge in [0.05, 0.1) is 0 Å². The molecule has 0 radical (unpaired) electrons. The van der Waals surface area contributed by atoms with E-state index < -0.39 is 5.91 Å². The van der Waals surface area contributed by atoms with E-state index >= 15 is 0 Å². The molecule has 0 heterocycles. The number of benzene rings is 1. The molecule has 0 bridgehead atoms. The predicted octanol–water partition coefficient (Wildman–Crippen LogP) is 1.54. The van der Waals surface area contributed by atoms with Crippen molar-refractivity contribution in [3.8, 4) is 11.1 Å². The lowest BCUT2D eigenvalue weighted by molar-refractivity contribution is -0.115. The van der Waals surface area contributed by atoms with Crippen LogP contribution in [0.2, 0.25) is 0 Å².